The average Bonchev–Trinajstić information content (AvgIpc) is 2.77. The van der Waals surface area contributed by atoms with Gasteiger partial charge in [-0.05, 0) is 10.7 Å². The molecular weight excluding hydrogens is 222 g/mol. The van der Waals surface area contributed by atoms with Crippen LogP contribution in [0.1, 0.15) is 11.3 Å². The zero-order chi connectivity index (χ0) is 12.1. The Bertz CT molecular complexity index is 496. The van der Waals surface area contributed by atoms with Crippen LogP contribution in [0.15, 0.2) is 35.0 Å². The molecule has 0 unspecified atom stereocenters. The molecule has 0 aliphatic heterocycles. The second-order valence-electron chi connectivity index (χ2n) is 3.43. The van der Waals surface area contributed by atoms with E-state index in [4.69, 9.17) is 5.11 Å². The van der Waals surface area contributed by atoms with Crippen LogP contribution in [0.25, 0.3) is 0 Å². The monoisotopic (exact) mass is 233 g/mol. The lowest BCUT2D eigenvalue weighted by molar-refractivity contribution is -0.115. The van der Waals surface area contributed by atoms with E-state index in [2.05, 4.69) is 20.3 Å². The van der Waals surface area contributed by atoms with Crippen molar-refractivity contribution in [3.05, 3.63) is 41.6 Å². The molecule has 0 spiro atoms. The van der Waals surface area contributed by atoms with Gasteiger partial charge in [-0.1, -0.05) is 35.5 Å². The van der Waals surface area contributed by atoms with E-state index in [0.717, 1.165) is 5.56 Å². The van der Waals surface area contributed by atoms with E-state index < -0.39 is 0 Å². The number of hydrogen-bond acceptors (Lipinski definition) is 5. The Morgan fingerprint density at radius 2 is 2.06 bits per heavy atom. The summed E-state index contributed by atoms with van der Waals surface area (Å²) in [7, 11) is 0. The van der Waals surface area contributed by atoms with E-state index in [-0.39, 0.29) is 30.4 Å². The van der Waals surface area contributed by atoms with E-state index in [1.165, 1.54) is 0 Å². The van der Waals surface area contributed by atoms with Crippen molar-refractivity contribution in [2.24, 2.45) is 0 Å². The summed E-state index contributed by atoms with van der Waals surface area (Å²) in [5.41, 5.74) is 1.11. The topological polar surface area (TPSA) is 88.3 Å². The summed E-state index contributed by atoms with van der Waals surface area (Å²) in [6.45, 7) is -0.329. The molecule has 0 fully saturated rings. The molecule has 88 valence electrons. The standard InChI is InChI=1S/C11H11N3O3/c15-7-9-11(14-17-13-9)12-10(16)6-8-4-2-1-3-5-8/h1-5,15H,6-7H2,(H,12,14,16). The highest BCUT2D eigenvalue weighted by Crippen LogP contribution is 2.09. The van der Waals surface area contributed by atoms with Gasteiger partial charge in [-0.15, -0.1) is 0 Å². The lowest BCUT2D eigenvalue weighted by atomic mass is 10.1. The minimum atomic E-state index is -0.329. The predicted molar refractivity (Wildman–Crippen MR) is 59.0 cm³/mol. The molecular formula is C11H11N3O3. The van der Waals surface area contributed by atoms with Crippen LogP contribution >= 0.6 is 0 Å². The molecule has 1 aromatic heterocycles. The summed E-state index contributed by atoms with van der Waals surface area (Å²) in [5, 5.41) is 18.4. The summed E-state index contributed by atoms with van der Waals surface area (Å²) in [6.07, 6.45) is 0.235. The summed E-state index contributed by atoms with van der Waals surface area (Å²) in [4.78, 5) is 11.6. The van der Waals surface area contributed by atoms with Crippen molar-refractivity contribution in [1.82, 2.24) is 10.3 Å². The van der Waals surface area contributed by atoms with Crippen molar-refractivity contribution in [3.63, 3.8) is 0 Å². The summed E-state index contributed by atoms with van der Waals surface area (Å²) < 4.78 is 4.41. The molecule has 2 N–H and O–H groups in total. The van der Waals surface area contributed by atoms with E-state index >= 15 is 0 Å². The van der Waals surface area contributed by atoms with E-state index in [1.807, 2.05) is 30.3 Å². The molecule has 6 heteroatoms. The van der Waals surface area contributed by atoms with Gasteiger partial charge in [0.15, 0.2) is 5.69 Å². The van der Waals surface area contributed by atoms with Crippen LogP contribution < -0.4 is 5.32 Å². The Labute approximate surface area is 97.2 Å². The molecule has 17 heavy (non-hydrogen) atoms. The van der Waals surface area contributed by atoms with Crippen molar-refractivity contribution < 1.29 is 14.5 Å². The zero-order valence-corrected chi connectivity index (χ0v) is 8.96. The molecule has 2 aromatic rings. The van der Waals surface area contributed by atoms with Gasteiger partial charge in [0, 0.05) is 0 Å². The predicted octanol–water partition coefficient (Wildman–Crippen LogP) is 0.743. The first-order chi connectivity index (χ1) is 8.29. The molecule has 0 atom stereocenters. The third-order valence-corrected chi connectivity index (χ3v) is 2.17. The fraction of sp³-hybridized carbons (Fsp3) is 0.182. The minimum Gasteiger partial charge on any atom is -0.390 e. The molecule has 0 aliphatic rings. The SMILES string of the molecule is O=C(Cc1ccccc1)Nc1nonc1CO. The normalized spacial score (nSPS) is 10.2. The van der Waals surface area contributed by atoms with Crippen molar-refractivity contribution >= 4 is 11.7 Å². The average molecular weight is 233 g/mol. The van der Waals surface area contributed by atoms with Crippen LogP contribution in [-0.2, 0) is 17.8 Å². The smallest absolute Gasteiger partial charge is 0.230 e. The third kappa shape index (κ3) is 2.88. The van der Waals surface area contributed by atoms with Crippen LogP contribution in [0, 0.1) is 0 Å². The number of anilines is 1. The van der Waals surface area contributed by atoms with Gasteiger partial charge in [-0.25, -0.2) is 4.63 Å². The van der Waals surface area contributed by atoms with Gasteiger partial charge in [-0.3, -0.25) is 4.79 Å². The summed E-state index contributed by atoms with van der Waals surface area (Å²) in [6, 6.07) is 9.31. The number of amides is 1. The van der Waals surface area contributed by atoms with Gasteiger partial charge in [-0.2, -0.15) is 0 Å². The third-order valence-electron chi connectivity index (χ3n) is 2.17. The van der Waals surface area contributed by atoms with Crippen LogP contribution in [0.4, 0.5) is 5.82 Å². The van der Waals surface area contributed by atoms with Gasteiger partial charge in [0.1, 0.15) is 0 Å². The molecule has 2 rings (SSSR count). The maximum absolute atomic E-state index is 11.6. The highest BCUT2D eigenvalue weighted by Gasteiger charge is 2.12. The number of aliphatic hydroxyl groups is 1. The zero-order valence-electron chi connectivity index (χ0n) is 8.96. The number of carbonyl (C=O) groups excluding carboxylic acids is 1. The molecule has 1 aromatic carbocycles. The number of benzene rings is 1. The van der Waals surface area contributed by atoms with Crippen molar-refractivity contribution in [2.75, 3.05) is 5.32 Å². The molecule has 1 amide bonds. The number of aromatic nitrogens is 2. The van der Waals surface area contributed by atoms with E-state index in [1.54, 1.807) is 0 Å². The van der Waals surface area contributed by atoms with Gasteiger partial charge < -0.3 is 10.4 Å². The Morgan fingerprint density at radius 1 is 1.29 bits per heavy atom. The molecule has 0 bridgehead atoms. The Kier molecular flexibility index (Phi) is 3.46. The number of hydrogen-bond donors (Lipinski definition) is 2. The first-order valence-electron chi connectivity index (χ1n) is 5.05. The van der Waals surface area contributed by atoms with Crippen LogP contribution in [0.5, 0.6) is 0 Å². The molecule has 6 nitrogen and oxygen atoms in total. The lowest BCUT2D eigenvalue weighted by Gasteiger charge is -2.02. The van der Waals surface area contributed by atoms with Crippen molar-refractivity contribution in [2.45, 2.75) is 13.0 Å². The number of nitrogens with zero attached hydrogens (tertiary/aromatic N) is 2. The fourth-order valence-electron chi connectivity index (χ4n) is 1.36. The second kappa shape index (κ2) is 5.22. The van der Waals surface area contributed by atoms with Gasteiger partial charge in [0.05, 0.1) is 13.0 Å². The number of aliphatic hydroxyl groups excluding tert-OH is 1. The molecule has 0 radical (unpaired) electrons. The maximum Gasteiger partial charge on any atom is 0.230 e. The molecule has 0 saturated carbocycles. The number of rotatable bonds is 4. The van der Waals surface area contributed by atoms with Gasteiger partial charge >= 0.3 is 0 Å². The minimum absolute atomic E-state index is 0.161. The van der Waals surface area contributed by atoms with Crippen LogP contribution in [0.3, 0.4) is 0 Å². The second-order valence-corrected chi connectivity index (χ2v) is 3.43. The summed E-state index contributed by atoms with van der Waals surface area (Å²) >= 11 is 0. The molecule has 0 saturated heterocycles. The Balaban J connectivity index is 1.98. The largest absolute Gasteiger partial charge is 0.390 e. The summed E-state index contributed by atoms with van der Waals surface area (Å²) in [5.74, 6) is -0.0740. The number of carbonyl (C=O) groups is 1. The molecule has 0 aliphatic carbocycles. The first-order valence-corrected chi connectivity index (χ1v) is 5.05. The van der Waals surface area contributed by atoms with E-state index in [9.17, 15) is 4.79 Å². The fourth-order valence-corrected chi connectivity index (χ4v) is 1.36. The maximum atomic E-state index is 11.6. The number of nitrogens with one attached hydrogen (secondary N) is 1. The first kappa shape index (κ1) is 11.3. The highest BCUT2D eigenvalue weighted by molar-refractivity contribution is 5.91. The molecule has 1 heterocycles. The van der Waals surface area contributed by atoms with Gasteiger partial charge in [0.25, 0.3) is 0 Å². The quantitative estimate of drug-likeness (QED) is 0.813. The van der Waals surface area contributed by atoms with Crippen molar-refractivity contribution in [1.29, 1.82) is 0 Å². The van der Waals surface area contributed by atoms with Crippen molar-refractivity contribution in [3.8, 4) is 0 Å². The van der Waals surface area contributed by atoms with E-state index in [0.29, 0.717) is 0 Å². The highest BCUT2D eigenvalue weighted by atomic mass is 16.6. The van der Waals surface area contributed by atoms with Crippen LogP contribution in [0.2, 0.25) is 0 Å². The lowest BCUT2D eigenvalue weighted by Crippen LogP contribution is -2.15. The Hall–Kier alpha value is -2.21. The Morgan fingerprint density at radius 3 is 2.76 bits per heavy atom. The van der Waals surface area contributed by atoms with Crippen LogP contribution in [-0.4, -0.2) is 21.3 Å². The van der Waals surface area contributed by atoms with Gasteiger partial charge in [0.2, 0.25) is 11.7 Å².